The van der Waals surface area contributed by atoms with E-state index in [9.17, 15) is 9.59 Å². The number of hydrogen-bond donors (Lipinski definition) is 1. The first-order chi connectivity index (χ1) is 14.4. The Morgan fingerprint density at radius 3 is 3.00 bits per heavy atom. The van der Waals surface area contributed by atoms with Gasteiger partial charge in [-0.25, -0.2) is 9.97 Å². The first-order valence-electron chi connectivity index (χ1n) is 9.97. The van der Waals surface area contributed by atoms with Crippen molar-refractivity contribution in [1.82, 2.24) is 14.9 Å². The fourth-order valence-electron chi connectivity index (χ4n) is 4.21. The summed E-state index contributed by atoms with van der Waals surface area (Å²) in [6, 6.07) is 1.79. The molecule has 0 bridgehead atoms. The van der Waals surface area contributed by atoms with Gasteiger partial charge in [0.15, 0.2) is 17.2 Å². The van der Waals surface area contributed by atoms with Gasteiger partial charge < -0.3 is 15.0 Å². The van der Waals surface area contributed by atoms with E-state index in [1.807, 2.05) is 16.5 Å². The molecule has 1 N–H and O–H groups in total. The van der Waals surface area contributed by atoms with Gasteiger partial charge in [0.05, 0.1) is 0 Å². The number of likely N-dealkylation sites (tertiary alicyclic amines) is 1. The molecule has 1 fully saturated rings. The Balaban J connectivity index is 1.24. The number of anilines is 1. The Labute approximate surface area is 178 Å². The predicted octanol–water partition coefficient (Wildman–Crippen LogP) is 3.22. The summed E-state index contributed by atoms with van der Waals surface area (Å²) in [7, 11) is 0. The highest BCUT2D eigenvalue weighted by molar-refractivity contribution is 7.10. The first kappa shape index (κ1) is 19.0. The summed E-state index contributed by atoms with van der Waals surface area (Å²) in [4.78, 5) is 35.2. The molecule has 154 valence electrons. The second-order valence-electron chi connectivity index (χ2n) is 8.42. The van der Waals surface area contributed by atoms with Crippen molar-refractivity contribution >= 4 is 40.6 Å². The van der Waals surface area contributed by atoms with Crippen LogP contribution in [0.2, 0.25) is 0 Å². The number of nitrogens with one attached hydrogen (secondary N) is 1. The third kappa shape index (κ3) is 3.41. The molecule has 2 atom stereocenters. The van der Waals surface area contributed by atoms with Gasteiger partial charge in [-0.15, -0.1) is 11.3 Å². The minimum Gasteiger partial charge on any atom is -0.474 e. The molecule has 0 spiro atoms. The monoisotopic (exact) mass is 422 g/mol. The van der Waals surface area contributed by atoms with Gasteiger partial charge in [-0.05, 0) is 55.4 Å². The molecule has 8 heteroatoms. The fraction of sp³-hybridized carbons (Fsp3) is 0.364. The summed E-state index contributed by atoms with van der Waals surface area (Å²) in [6.45, 7) is 4.92. The average Bonchev–Trinajstić information content (AvgIpc) is 3.42. The van der Waals surface area contributed by atoms with E-state index < -0.39 is 5.60 Å². The zero-order valence-corrected chi connectivity index (χ0v) is 17.6. The van der Waals surface area contributed by atoms with Crippen molar-refractivity contribution in [1.29, 1.82) is 0 Å². The van der Waals surface area contributed by atoms with Gasteiger partial charge in [0.25, 0.3) is 5.91 Å². The van der Waals surface area contributed by atoms with Crippen molar-refractivity contribution in [3.8, 4) is 5.75 Å². The predicted molar refractivity (Wildman–Crippen MR) is 115 cm³/mol. The number of carbonyl (C=O) groups excluding carboxylic acids is 2. The highest BCUT2D eigenvalue weighted by Gasteiger charge is 2.38. The quantitative estimate of drug-likeness (QED) is 0.768. The van der Waals surface area contributed by atoms with Gasteiger partial charge in [-0.3, -0.25) is 9.59 Å². The van der Waals surface area contributed by atoms with Gasteiger partial charge in [0, 0.05) is 36.9 Å². The minimum absolute atomic E-state index is 0.000806. The molecule has 2 unspecified atom stereocenters. The van der Waals surface area contributed by atoms with Crippen molar-refractivity contribution in [3.63, 3.8) is 0 Å². The van der Waals surface area contributed by atoms with Crippen molar-refractivity contribution in [2.24, 2.45) is 11.8 Å². The molecule has 2 aromatic rings. The molecule has 1 aliphatic carbocycles. The molecule has 2 aliphatic heterocycles. The number of allylic oxidation sites excluding steroid dienone is 1. The van der Waals surface area contributed by atoms with E-state index in [0.717, 1.165) is 30.1 Å². The van der Waals surface area contributed by atoms with Crippen molar-refractivity contribution in [2.75, 3.05) is 18.4 Å². The summed E-state index contributed by atoms with van der Waals surface area (Å²) in [5.74, 6) is 1.56. The van der Waals surface area contributed by atoms with Crippen LogP contribution in [0.3, 0.4) is 0 Å². The summed E-state index contributed by atoms with van der Waals surface area (Å²) < 4.78 is 5.76. The topological polar surface area (TPSA) is 84.4 Å². The standard InChI is InChI=1S/C22H22N4O3S/c1-22(2)21(28)25-19-17(29-22)7-13(10-24-19)3-4-18(27)26-11-15-8-14(9-16(15)12-26)20-23-5-6-30-20/h3-8,10,15-16H,9,11-12H2,1-2H3,(H,24,25,28)/b4-3+. The molecule has 0 radical (unpaired) electrons. The molecule has 30 heavy (non-hydrogen) atoms. The van der Waals surface area contributed by atoms with Crippen LogP contribution in [-0.4, -0.2) is 45.4 Å². The number of ether oxygens (including phenoxy) is 1. The van der Waals surface area contributed by atoms with Gasteiger partial charge in [-0.1, -0.05) is 6.08 Å². The van der Waals surface area contributed by atoms with Gasteiger partial charge in [0.1, 0.15) is 5.01 Å². The van der Waals surface area contributed by atoms with E-state index in [1.165, 1.54) is 5.57 Å². The Kier molecular flexibility index (Phi) is 4.47. The van der Waals surface area contributed by atoms with E-state index >= 15 is 0 Å². The van der Waals surface area contributed by atoms with Crippen LogP contribution in [0.15, 0.2) is 36.0 Å². The summed E-state index contributed by atoms with van der Waals surface area (Å²) >= 11 is 1.67. The normalized spacial score (nSPS) is 24.3. The fourth-order valence-corrected chi connectivity index (χ4v) is 4.88. The summed E-state index contributed by atoms with van der Waals surface area (Å²) in [6.07, 6.45) is 10.1. The van der Waals surface area contributed by atoms with Crippen LogP contribution in [0.25, 0.3) is 11.6 Å². The highest BCUT2D eigenvalue weighted by atomic mass is 32.1. The number of aromatic nitrogens is 2. The third-order valence-corrected chi connectivity index (χ3v) is 6.69. The maximum absolute atomic E-state index is 12.7. The maximum Gasteiger partial charge on any atom is 0.269 e. The van der Waals surface area contributed by atoms with Crippen LogP contribution in [0.5, 0.6) is 5.75 Å². The molecular formula is C22H22N4O3S. The SMILES string of the molecule is CC1(C)Oc2cc(/C=C/C(=O)N3CC4C=C(c5nccs5)CC4C3)cnc2NC1=O. The van der Waals surface area contributed by atoms with Crippen LogP contribution >= 0.6 is 11.3 Å². The highest BCUT2D eigenvalue weighted by Crippen LogP contribution is 2.41. The Bertz CT molecular complexity index is 1070. The van der Waals surface area contributed by atoms with E-state index in [4.69, 9.17) is 4.74 Å². The van der Waals surface area contributed by atoms with E-state index in [0.29, 0.717) is 23.4 Å². The van der Waals surface area contributed by atoms with Gasteiger partial charge >= 0.3 is 0 Å². The first-order valence-corrected chi connectivity index (χ1v) is 10.8. The molecule has 4 heterocycles. The van der Waals surface area contributed by atoms with Gasteiger partial charge in [0.2, 0.25) is 5.91 Å². The second-order valence-corrected chi connectivity index (χ2v) is 9.31. The van der Waals surface area contributed by atoms with Gasteiger partial charge in [-0.2, -0.15) is 0 Å². The number of hydrogen-bond acceptors (Lipinski definition) is 6. The Morgan fingerprint density at radius 1 is 1.37 bits per heavy atom. The number of carbonyl (C=O) groups is 2. The van der Waals surface area contributed by atoms with Crippen molar-refractivity contribution in [2.45, 2.75) is 25.9 Å². The minimum atomic E-state index is -0.953. The molecule has 5 rings (SSSR count). The maximum atomic E-state index is 12.7. The average molecular weight is 423 g/mol. The third-order valence-electron chi connectivity index (χ3n) is 5.84. The largest absolute Gasteiger partial charge is 0.474 e. The van der Waals surface area contributed by atoms with Crippen LogP contribution in [0.1, 0.15) is 30.8 Å². The molecular weight excluding hydrogens is 400 g/mol. The lowest BCUT2D eigenvalue weighted by atomic mass is 10.00. The van der Waals surface area contributed by atoms with Crippen molar-refractivity contribution < 1.29 is 14.3 Å². The molecule has 7 nitrogen and oxygen atoms in total. The Morgan fingerprint density at radius 2 is 2.23 bits per heavy atom. The molecule has 0 saturated carbocycles. The summed E-state index contributed by atoms with van der Waals surface area (Å²) in [5, 5.41) is 5.84. The molecule has 2 aromatic heterocycles. The Hall–Kier alpha value is -3.00. The zero-order chi connectivity index (χ0) is 20.9. The second kappa shape index (κ2) is 7.05. The molecule has 0 aromatic carbocycles. The van der Waals surface area contributed by atoms with Crippen LogP contribution in [-0.2, 0) is 9.59 Å². The van der Waals surface area contributed by atoms with E-state index in [1.54, 1.807) is 49.6 Å². The lowest BCUT2D eigenvalue weighted by Gasteiger charge is -2.30. The molecule has 1 saturated heterocycles. The number of fused-ring (bicyclic) bond motifs is 2. The smallest absolute Gasteiger partial charge is 0.269 e. The number of pyridine rings is 1. The lowest BCUT2D eigenvalue weighted by Crippen LogP contribution is -2.46. The van der Waals surface area contributed by atoms with Crippen LogP contribution < -0.4 is 10.1 Å². The van der Waals surface area contributed by atoms with E-state index in [-0.39, 0.29) is 11.8 Å². The molecule has 3 aliphatic rings. The zero-order valence-electron chi connectivity index (χ0n) is 16.8. The van der Waals surface area contributed by atoms with E-state index in [2.05, 4.69) is 21.4 Å². The van der Waals surface area contributed by atoms with Crippen LogP contribution in [0, 0.1) is 11.8 Å². The number of amides is 2. The van der Waals surface area contributed by atoms with Crippen molar-refractivity contribution in [3.05, 3.63) is 46.6 Å². The molecule has 2 amide bonds. The number of thiazole rings is 1. The van der Waals surface area contributed by atoms with Crippen LogP contribution in [0.4, 0.5) is 5.82 Å². The lowest BCUT2D eigenvalue weighted by molar-refractivity contribution is -0.129. The summed E-state index contributed by atoms with van der Waals surface area (Å²) in [5.41, 5.74) is 1.11. The number of rotatable bonds is 3. The number of nitrogens with zero attached hydrogens (tertiary/aromatic N) is 3.